The van der Waals surface area contributed by atoms with E-state index in [1.165, 1.54) is 29.2 Å². The van der Waals surface area contributed by atoms with Gasteiger partial charge in [-0.2, -0.15) is 0 Å². The predicted molar refractivity (Wildman–Crippen MR) is 84.3 cm³/mol. The van der Waals surface area contributed by atoms with E-state index in [0.717, 1.165) is 6.26 Å². The molecule has 1 aromatic carbocycles. The number of urea groups is 1. The summed E-state index contributed by atoms with van der Waals surface area (Å²) < 4.78 is 37.8. The second-order valence-electron chi connectivity index (χ2n) is 4.86. The lowest BCUT2D eigenvalue weighted by molar-refractivity contribution is 0.210. The summed E-state index contributed by atoms with van der Waals surface area (Å²) in [6.07, 6.45) is 2.93. The Kier molecular flexibility index (Phi) is 4.92. The summed E-state index contributed by atoms with van der Waals surface area (Å²) in [4.78, 5) is 13.3. The maximum absolute atomic E-state index is 13.2. The number of halogens is 2. The summed E-state index contributed by atoms with van der Waals surface area (Å²) in [5, 5.41) is 2.74. The van der Waals surface area contributed by atoms with E-state index in [1.54, 1.807) is 0 Å². The Morgan fingerprint density at radius 2 is 2.14 bits per heavy atom. The number of nitrogens with one attached hydrogen (secondary N) is 2. The van der Waals surface area contributed by atoms with E-state index in [9.17, 15) is 17.6 Å². The van der Waals surface area contributed by atoms with Gasteiger partial charge in [-0.15, -0.1) is 0 Å². The average Bonchev–Trinajstić information content (AvgIpc) is 2.40. The van der Waals surface area contributed by atoms with E-state index in [4.69, 9.17) is 11.6 Å². The molecule has 0 aliphatic carbocycles. The fourth-order valence-corrected chi connectivity index (χ4v) is 2.82. The highest BCUT2D eigenvalue weighted by Gasteiger charge is 2.18. The summed E-state index contributed by atoms with van der Waals surface area (Å²) in [5.41, 5.74) is 0.609. The fourth-order valence-electron chi connectivity index (χ4n) is 1.95. The second kappa shape index (κ2) is 6.53. The van der Waals surface area contributed by atoms with Crippen LogP contribution >= 0.6 is 11.6 Å². The molecule has 2 rings (SSSR count). The van der Waals surface area contributed by atoms with Gasteiger partial charge in [0, 0.05) is 12.2 Å². The monoisotopic (exact) mass is 347 g/mol. The van der Waals surface area contributed by atoms with Crippen LogP contribution < -0.4 is 10.0 Å². The number of hydrogen-bond acceptors (Lipinski definition) is 3. The highest BCUT2D eigenvalue weighted by atomic mass is 35.5. The van der Waals surface area contributed by atoms with Crippen molar-refractivity contribution in [3.8, 4) is 0 Å². The van der Waals surface area contributed by atoms with Crippen LogP contribution in [0.1, 0.15) is 6.42 Å². The molecule has 0 spiro atoms. The van der Waals surface area contributed by atoms with Crippen molar-refractivity contribution in [1.29, 1.82) is 0 Å². The van der Waals surface area contributed by atoms with Crippen LogP contribution in [-0.2, 0) is 10.0 Å². The van der Waals surface area contributed by atoms with Gasteiger partial charge in [0.25, 0.3) is 0 Å². The minimum absolute atomic E-state index is 0.0622. The lowest BCUT2D eigenvalue weighted by Crippen LogP contribution is -2.38. The summed E-state index contributed by atoms with van der Waals surface area (Å²) in [7, 11) is -3.44. The molecule has 22 heavy (non-hydrogen) atoms. The maximum atomic E-state index is 13.2. The van der Waals surface area contributed by atoms with Gasteiger partial charge in [-0.25, -0.2) is 17.6 Å². The van der Waals surface area contributed by atoms with Gasteiger partial charge in [-0.1, -0.05) is 11.6 Å². The third-order valence-corrected chi connectivity index (χ3v) is 3.81. The van der Waals surface area contributed by atoms with E-state index in [-0.39, 0.29) is 23.1 Å². The topological polar surface area (TPSA) is 78.5 Å². The maximum Gasteiger partial charge on any atom is 0.322 e. The fraction of sp³-hybridized carbons (Fsp3) is 0.308. The normalized spacial score (nSPS) is 15.2. The Bertz CT molecular complexity index is 721. The summed E-state index contributed by atoms with van der Waals surface area (Å²) in [6, 6.07) is 3.93. The molecule has 9 heteroatoms. The van der Waals surface area contributed by atoms with E-state index in [0.29, 0.717) is 18.7 Å². The van der Waals surface area contributed by atoms with Crippen LogP contribution in [0.25, 0.3) is 0 Å². The van der Waals surface area contributed by atoms with E-state index in [2.05, 4.69) is 10.0 Å². The number of amides is 2. The predicted octanol–water partition coefficient (Wildman–Crippen LogP) is 2.80. The summed E-state index contributed by atoms with van der Waals surface area (Å²) in [6.45, 7) is 0.369. The quantitative estimate of drug-likeness (QED) is 0.882. The SMILES string of the molecule is CS(=O)(=O)Nc1ccc(NC(=O)N2CCC=C(F)C2)cc1Cl. The molecule has 1 heterocycles. The third-order valence-electron chi connectivity index (χ3n) is 2.91. The molecule has 120 valence electrons. The summed E-state index contributed by atoms with van der Waals surface area (Å²) in [5.74, 6) is -0.341. The molecule has 0 saturated carbocycles. The first-order valence-corrected chi connectivity index (χ1v) is 8.69. The first kappa shape index (κ1) is 16.6. The Morgan fingerprint density at radius 3 is 2.73 bits per heavy atom. The zero-order valence-electron chi connectivity index (χ0n) is 11.8. The van der Waals surface area contributed by atoms with Crippen molar-refractivity contribution in [2.24, 2.45) is 0 Å². The number of rotatable bonds is 3. The molecular formula is C13H15ClFN3O3S. The van der Waals surface area contributed by atoms with Gasteiger partial charge in [0.1, 0.15) is 5.83 Å². The van der Waals surface area contributed by atoms with E-state index >= 15 is 0 Å². The molecule has 0 saturated heterocycles. The molecule has 0 atom stereocenters. The number of nitrogens with zero attached hydrogens (tertiary/aromatic N) is 1. The molecule has 1 aromatic rings. The minimum Gasteiger partial charge on any atom is -0.318 e. The number of anilines is 2. The zero-order chi connectivity index (χ0) is 16.3. The largest absolute Gasteiger partial charge is 0.322 e. The van der Waals surface area contributed by atoms with Crippen molar-refractivity contribution in [2.45, 2.75) is 6.42 Å². The van der Waals surface area contributed by atoms with Gasteiger partial charge in [0.2, 0.25) is 10.0 Å². The van der Waals surface area contributed by atoms with Gasteiger partial charge in [0.15, 0.2) is 0 Å². The van der Waals surface area contributed by atoms with Crippen LogP contribution in [0.15, 0.2) is 30.1 Å². The van der Waals surface area contributed by atoms with E-state index < -0.39 is 16.1 Å². The summed E-state index contributed by atoms with van der Waals surface area (Å²) >= 11 is 5.97. The van der Waals surface area contributed by atoms with Crippen LogP contribution in [-0.4, -0.2) is 38.7 Å². The minimum atomic E-state index is -3.44. The van der Waals surface area contributed by atoms with Crippen LogP contribution in [0.3, 0.4) is 0 Å². The Hall–Kier alpha value is -1.80. The van der Waals surface area contributed by atoms with Crippen molar-refractivity contribution in [3.05, 3.63) is 35.1 Å². The molecule has 0 aromatic heterocycles. The van der Waals surface area contributed by atoms with Crippen molar-refractivity contribution < 1.29 is 17.6 Å². The molecule has 2 N–H and O–H groups in total. The molecule has 6 nitrogen and oxygen atoms in total. The van der Waals surface area contributed by atoms with Crippen molar-refractivity contribution >= 4 is 39.0 Å². The zero-order valence-corrected chi connectivity index (χ0v) is 13.3. The van der Waals surface area contributed by atoms with E-state index in [1.807, 2.05) is 0 Å². The Balaban J connectivity index is 2.06. The third kappa shape index (κ3) is 4.60. The first-order chi connectivity index (χ1) is 10.2. The van der Waals surface area contributed by atoms with Crippen LogP contribution in [0.2, 0.25) is 5.02 Å². The highest BCUT2D eigenvalue weighted by Crippen LogP contribution is 2.26. The number of carbonyl (C=O) groups excluding carboxylic acids is 1. The smallest absolute Gasteiger partial charge is 0.318 e. The number of sulfonamides is 1. The number of benzene rings is 1. The number of carbonyl (C=O) groups is 1. The van der Waals surface area contributed by atoms with Crippen molar-refractivity contribution in [1.82, 2.24) is 4.90 Å². The molecule has 1 aliphatic rings. The Labute approximate surface area is 133 Å². The van der Waals surface area contributed by atoms with Gasteiger partial charge in [-0.05, 0) is 30.7 Å². The van der Waals surface area contributed by atoms with Crippen LogP contribution in [0.4, 0.5) is 20.6 Å². The highest BCUT2D eigenvalue weighted by molar-refractivity contribution is 7.92. The molecular weight excluding hydrogens is 333 g/mol. The molecule has 0 unspecified atom stereocenters. The molecule has 0 bridgehead atoms. The molecule has 1 aliphatic heterocycles. The van der Waals surface area contributed by atoms with Crippen molar-refractivity contribution in [3.63, 3.8) is 0 Å². The van der Waals surface area contributed by atoms with Gasteiger partial charge in [-0.3, -0.25) is 4.72 Å². The Morgan fingerprint density at radius 1 is 1.41 bits per heavy atom. The van der Waals surface area contributed by atoms with Gasteiger partial charge in [0.05, 0.1) is 23.5 Å². The lowest BCUT2D eigenvalue weighted by atomic mass is 10.2. The first-order valence-electron chi connectivity index (χ1n) is 6.42. The average molecular weight is 348 g/mol. The van der Waals surface area contributed by atoms with Gasteiger partial charge >= 0.3 is 6.03 Å². The van der Waals surface area contributed by atoms with Crippen LogP contribution in [0, 0.1) is 0 Å². The van der Waals surface area contributed by atoms with Crippen LogP contribution in [0.5, 0.6) is 0 Å². The number of hydrogen-bond donors (Lipinski definition) is 2. The standard InChI is InChI=1S/C13H15ClFN3O3S/c1-22(20,21)17-12-5-4-10(7-11(12)14)16-13(19)18-6-2-3-9(15)8-18/h3-5,7,17H,2,6,8H2,1H3,(H,16,19). The lowest BCUT2D eigenvalue weighted by Gasteiger charge is -2.24. The second-order valence-corrected chi connectivity index (χ2v) is 7.02. The molecule has 0 radical (unpaired) electrons. The van der Waals surface area contributed by atoms with Gasteiger partial charge < -0.3 is 10.2 Å². The molecule has 2 amide bonds. The molecule has 0 fully saturated rings. The van der Waals surface area contributed by atoms with Crippen molar-refractivity contribution in [2.75, 3.05) is 29.4 Å².